The smallest absolute Gasteiger partial charge is 0.269 e. The molecule has 7 rings (SSSR count). The number of non-ortho nitro benzene ring substituents is 1. The van der Waals surface area contributed by atoms with Crippen LogP contribution in [0.2, 0.25) is 0 Å². The van der Waals surface area contributed by atoms with Crippen LogP contribution in [0.3, 0.4) is 0 Å². The van der Waals surface area contributed by atoms with Gasteiger partial charge in [0, 0.05) is 48.3 Å². The summed E-state index contributed by atoms with van der Waals surface area (Å²) in [5.41, 5.74) is 6.83. The maximum absolute atomic E-state index is 13.1. The molecular weight excluding hydrogens is 662 g/mol. The third kappa shape index (κ3) is 7.22. The number of hydrogen-bond donors (Lipinski definition) is 2. The number of hydrogen-bond acceptors (Lipinski definition) is 8. The second-order valence-electron chi connectivity index (χ2n) is 12.9. The molecule has 0 aliphatic carbocycles. The highest BCUT2D eigenvalue weighted by Crippen LogP contribution is 2.32. The third-order valence-corrected chi connectivity index (χ3v) is 9.54. The van der Waals surface area contributed by atoms with Crippen molar-refractivity contribution in [3.63, 3.8) is 0 Å². The zero-order chi connectivity index (χ0) is 36.2. The number of piperidine rings is 1. The first-order chi connectivity index (χ1) is 25.2. The summed E-state index contributed by atoms with van der Waals surface area (Å²) in [5, 5.41) is 16.5. The number of carbonyl (C=O) groups is 4. The molecule has 4 heterocycles. The molecule has 0 spiro atoms. The number of nitro groups is 1. The second kappa shape index (κ2) is 14.8. The molecule has 5 aromatic rings. The first-order valence-electron chi connectivity index (χ1n) is 17.2. The van der Waals surface area contributed by atoms with Gasteiger partial charge in [0.2, 0.25) is 11.8 Å². The van der Waals surface area contributed by atoms with Gasteiger partial charge in [-0.3, -0.25) is 34.6 Å². The molecule has 2 aromatic heterocycles. The van der Waals surface area contributed by atoms with Crippen LogP contribution in [-0.4, -0.2) is 51.0 Å². The van der Waals surface area contributed by atoms with Crippen molar-refractivity contribution < 1.29 is 28.5 Å². The van der Waals surface area contributed by atoms with Gasteiger partial charge in [0.25, 0.3) is 17.5 Å². The lowest BCUT2D eigenvalue weighted by Gasteiger charge is -2.29. The molecule has 262 valence electrons. The van der Waals surface area contributed by atoms with Crippen molar-refractivity contribution in [3.8, 4) is 33.8 Å². The van der Waals surface area contributed by atoms with E-state index in [-0.39, 0.29) is 29.8 Å². The van der Waals surface area contributed by atoms with Gasteiger partial charge in [-0.15, -0.1) is 0 Å². The summed E-state index contributed by atoms with van der Waals surface area (Å²) in [5.74, 6) is -0.480. The lowest BCUT2D eigenvalue weighted by atomic mass is 9.98. The highest BCUT2D eigenvalue weighted by molar-refractivity contribution is 6.05. The number of nitro benzene ring substituents is 1. The van der Waals surface area contributed by atoms with Crippen LogP contribution in [0.15, 0.2) is 102 Å². The van der Waals surface area contributed by atoms with Crippen LogP contribution in [0.25, 0.3) is 33.8 Å². The van der Waals surface area contributed by atoms with E-state index in [2.05, 4.69) is 10.6 Å². The van der Waals surface area contributed by atoms with E-state index in [0.29, 0.717) is 47.8 Å². The average molecular weight is 698 g/mol. The number of furan rings is 1. The van der Waals surface area contributed by atoms with Gasteiger partial charge < -0.3 is 14.6 Å². The molecule has 12 nitrogen and oxygen atoms in total. The van der Waals surface area contributed by atoms with E-state index in [1.807, 2.05) is 42.5 Å². The van der Waals surface area contributed by atoms with E-state index in [9.17, 15) is 29.3 Å². The molecule has 2 N–H and O–H groups in total. The zero-order valence-electron chi connectivity index (χ0n) is 28.2. The van der Waals surface area contributed by atoms with Crippen molar-refractivity contribution in [3.05, 3.63) is 130 Å². The number of nitrogens with zero attached hydrogens (tertiary/aromatic N) is 3. The van der Waals surface area contributed by atoms with E-state index in [1.165, 1.54) is 12.1 Å². The number of aryl methyl sites for hydroxylation is 1. The van der Waals surface area contributed by atoms with Gasteiger partial charge in [-0.25, -0.2) is 4.98 Å². The minimum atomic E-state index is -0.636. The third-order valence-electron chi connectivity index (χ3n) is 9.54. The van der Waals surface area contributed by atoms with Crippen LogP contribution in [0, 0.1) is 10.1 Å². The molecule has 3 aromatic carbocycles. The van der Waals surface area contributed by atoms with Gasteiger partial charge in [0.15, 0.2) is 5.76 Å². The largest absolute Gasteiger partial charge is 0.463 e. The van der Waals surface area contributed by atoms with Gasteiger partial charge in [-0.05, 0) is 103 Å². The Morgan fingerprint density at radius 3 is 2.40 bits per heavy atom. The second-order valence-corrected chi connectivity index (χ2v) is 12.9. The van der Waals surface area contributed by atoms with Crippen molar-refractivity contribution in [2.24, 2.45) is 0 Å². The molecule has 0 bridgehead atoms. The van der Waals surface area contributed by atoms with Crippen molar-refractivity contribution in [2.75, 3.05) is 6.54 Å². The minimum Gasteiger partial charge on any atom is -0.463 e. The Hall–Kier alpha value is -6.43. The van der Waals surface area contributed by atoms with Gasteiger partial charge in [0.05, 0.1) is 16.9 Å². The lowest BCUT2D eigenvalue weighted by Crippen LogP contribution is -2.52. The number of carbonyl (C=O) groups excluding carboxylic acids is 4. The SMILES string of the molecule is O=C1CCC(N2Cc3c(CCCCCNC(=O)c4ccc(-c5cc(-c6ccc([N+](=O)[O-])cc6)nc(-c6ccco6)c5)cc4)cccc3C2=O)C(=O)N1. The Morgan fingerprint density at radius 2 is 1.67 bits per heavy atom. The number of fused-ring (bicyclic) bond motifs is 1. The summed E-state index contributed by atoms with van der Waals surface area (Å²) in [6, 6.07) is 26.0. The maximum atomic E-state index is 13.1. The molecule has 2 aliphatic rings. The van der Waals surface area contributed by atoms with Gasteiger partial charge in [-0.1, -0.05) is 30.7 Å². The molecule has 0 saturated carbocycles. The van der Waals surface area contributed by atoms with Crippen LogP contribution < -0.4 is 10.6 Å². The fourth-order valence-electron chi connectivity index (χ4n) is 6.77. The molecule has 0 radical (unpaired) electrons. The summed E-state index contributed by atoms with van der Waals surface area (Å²) in [4.78, 5) is 67.1. The number of pyridine rings is 1. The molecule has 1 atom stereocenters. The van der Waals surface area contributed by atoms with Gasteiger partial charge >= 0.3 is 0 Å². The van der Waals surface area contributed by atoms with Crippen molar-refractivity contribution in [2.45, 2.75) is 51.1 Å². The molecule has 2 aliphatic heterocycles. The number of amides is 4. The standard InChI is InChI=1S/C40H35N5O7/c46-37-19-18-35(39(48)43-37)44-24-32-26(7-4-8-31(32)40(44)49)6-2-1-3-20-41-38(47)28-12-10-25(11-13-28)29-22-33(27-14-16-30(17-15-27)45(50)51)42-34(23-29)36-9-5-21-52-36/h4-5,7-17,21-23,35H,1-3,6,18-20,24H2,(H,41,47)(H,43,46,48). The molecular formula is C40H35N5O7. The van der Waals surface area contributed by atoms with Crippen molar-refractivity contribution in [1.29, 1.82) is 0 Å². The summed E-state index contributed by atoms with van der Waals surface area (Å²) in [7, 11) is 0. The maximum Gasteiger partial charge on any atom is 0.269 e. The monoisotopic (exact) mass is 697 g/mol. The van der Waals surface area contributed by atoms with Crippen LogP contribution in [-0.2, 0) is 22.6 Å². The topological polar surface area (TPSA) is 165 Å². The van der Waals surface area contributed by atoms with Crippen LogP contribution in [0.1, 0.15) is 63.9 Å². The van der Waals surface area contributed by atoms with Gasteiger partial charge in [-0.2, -0.15) is 0 Å². The predicted octanol–water partition coefficient (Wildman–Crippen LogP) is 6.49. The molecule has 1 fully saturated rings. The number of aromatic nitrogens is 1. The molecule has 1 unspecified atom stereocenters. The number of unbranched alkanes of at least 4 members (excludes halogenated alkanes) is 2. The van der Waals surface area contributed by atoms with Crippen molar-refractivity contribution >= 4 is 29.3 Å². The summed E-state index contributed by atoms with van der Waals surface area (Å²) < 4.78 is 5.60. The molecule has 52 heavy (non-hydrogen) atoms. The predicted molar refractivity (Wildman–Crippen MR) is 192 cm³/mol. The van der Waals surface area contributed by atoms with E-state index in [4.69, 9.17) is 9.40 Å². The Bertz CT molecular complexity index is 2160. The Morgan fingerprint density at radius 1 is 0.904 bits per heavy atom. The fourth-order valence-corrected chi connectivity index (χ4v) is 6.77. The Labute approximate surface area is 299 Å². The van der Waals surface area contributed by atoms with E-state index in [1.54, 1.807) is 47.6 Å². The lowest BCUT2D eigenvalue weighted by molar-refractivity contribution is -0.384. The Kier molecular flexibility index (Phi) is 9.70. The highest BCUT2D eigenvalue weighted by atomic mass is 16.6. The average Bonchev–Trinajstić information content (AvgIpc) is 3.82. The van der Waals surface area contributed by atoms with Crippen molar-refractivity contribution in [1.82, 2.24) is 20.5 Å². The molecule has 12 heteroatoms. The summed E-state index contributed by atoms with van der Waals surface area (Å²) >= 11 is 0. The van der Waals surface area contributed by atoms with E-state index < -0.39 is 16.9 Å². The number of imide groups is 1. The fraction of sp³-hybridized carbons (Fsp3) is 0.225. The summed E-state index contributed by atoms with van der Waals surface area (Å²) in [6.45, 7) is 0.878. The first kappa shape index (κ1) is 34.0. The first-order valence-corrected chi connectivity index (χ1v) is 17.2. The number of benzene rings is 3. The zero-order valence-corrected chi connectivity index (χ0v) is 28.2. The quantitative estimate of drug-likeness (QED) is 0.0647. The normalized spacial score (nSPS) is 15.3. The van der Waals surface area contributed by atoms with Crippen LogP contribution >= 0.6 is 0 Å². The highest BCUT2D eigenvalue weighted by Gasteiger charge is 2.39. The Balaban J connectivity index is 0.931. The van der Waals surface area contributed by atoms with E-state index >= 15 is 0 Å². The molecule has 1 saturated heterocycles. The van der Waals surface area contributed by atoms with Crippen LogP contribution in [0.4, 0.5) is 5.69 Å². The minimum absolute atomic E-state index is 0.00423. The van der Waals surface area contributed by atoms with Crippen LogP contribution in [0.5, 0.6) is 0 Å². The number of rotatable bonds is 12. The molecule has 4 amide bonds. The summed E-state index contributed by atoms with van der Waals surface area (Å²) in [6.07, 6.45) is 5.45. The van der Waals surface area contributed by atoms with E-state index in [0.717, 1.165) is 53.5 Å². The van der Waals surface area contributed by atoms with Gasteiger partial charge in [0.1, 0.15) is 11.7 Å². The number of nitrogens with one attached hydrogen (secondary N) is 2.